The Bertz CT molecular complexity index is 625. The first kappa shape index (κ1) is 9.54. The number of nitro groups is 1. The molecule has 0 aliphatic heterocycles. The van der Waals surface area contributed by atoms with E-state index in [1.165, 1.54) is 0 Å². The van der Waals surface area contributed by atoms with Crippen LogP contribution in [0.15, 0.2) is 5.11 Å². The first-order valence-electron chi connectivity index (χ1n) is 3.69. The summed E-state index contributed by atoms with van der Waals surface area (Å²) in [5.74, 6) is -1.07. The second-order valence-corrected chi connectivity index (χ2v) is 2.49. The number of nitrogens with one attached hydrogen (secondary N) is 1. The van der Waals surface area contributed by atoms with E-state index >= 15 is 0 Å². The molecule has 2 heterocycles. The molecule has 0 radical (unpaired) electrons. The van der Waals surface area contributed by atoms with Gasteiger partial charge in [0.1, 0.15) is 0 Å². The van der Waals surface area contributed by atoms with E-state index in [-0.39, 0.29) is 16.0 Å². The maximum absolute atomic E-state index is 10.9. The summed E-state index contributed by atoms with van der Waals surface area (Å²) in [5, 5.41) is 36.2. The highest BCUT2D eigenvalue weighted by Gasteiger charge is 2.25. The summed E-state index contributed by atoms with van der Waals surface area (Å²) in [7, 11) is 0. The SMILES string of the molecule is [N-]=[N+]=Nc1n[n+]([O-])nc2[nH]nc([N+](=O)[O-])c12. The molecule has 2 aromatic heterocycles. The number of nitrogens with zero attached hydrogens (tertiary/aromatic N) is 8. The van der Waals surface area contributed by atoms with Gasteiger partial charge in [-0.2, -0.15) is 5.10 Å². The van der Waals surface area contributed by atoms with Gasteiger partial charge in [0.15, 0.2) is 5.39 Å². The Morgan fingerprint density at radius 3 is 2.94 bits per heavy atom. The molecule has 16 heavy (non-hydrogen) atoms. The van der Waals surface area contributed by atoms with Gasteiger partial charge >= 0.3 is 5.82 Å². The molecule has 2 aromatic rings. The Hall–Kier alpha value is -3.01. The molecule has 0 saturated heterocycles. The molecule has 0 saturated carbocycles. The second kappa shape index (κ2) is 3.29. The zero-order valence-electron chi connectivity index (χ0n) is 7.30. The van der Waals surface area contributed by atoms with Crippen molar-refractivity contribution < 1.29 is 9.88 Å². The lowest BCUT2D eigenvalue weighted by atomic mass is 10.4. The molecule has 80 valence electrons. The fourth-order valence-corrected chi connectivity index (χ4v) is 1.09. The number of aromatic amines is 1. The van der Waals surface area contributed by atoms with Crippen LogP contribution in [0.2, 0.25) is 0 Å². The zero-order valence-corrected chi connectivity index (χ0v) is 7.30. The van der Waals surface area contributed by atoms with Crippen molar-refractivity contribution in [2.75, 3.05) is 0 Å². The Labute approximate surface area is 84.9 Å². The molecule has 12 nitrogen and oxygen atoms in total. The van der Waals surface area contributed by atoms with Gasteiger partial charge in [0, 0.05) is 10.0 Å². The zero-order chi connectivity index (χ0) is 11.7. The summed E-state index contributed by atoms with van der Waals surface area (Å²) in [6.07, 6.45) is 0. The quantitative estimate of drug-likeness (QED) is 0.141. The number of fused-ring (bicyclic) bond motifs is 1. The fourth-order valence-electron chi connectivity index (χ4n) is 1.09. The standard InChI is InChI=1S/C4HN9O3/c5-11-7-3-1-2(9-13(16)10-3)6-8-4(1)12(14)15/h(H,6,8,9,10). The summed E-state index contributed by atoms with van der Waals surface area (Å²) >= 11 is 0. The van der Waals surface area contributed by atoms with E-state index in [0.29, 0.717) is 0 Å². The van der Waals surface area contributed by atoms with Crippen LogP contribution in [0.3, 0.4) is 0 Å². The number of rotatable bonds is 2. The molecule has 1 N–H and O–H groups in total. The van der Waals surface area contributed by atoms with Crippen LogP contribution in [0.25, 0.3) is 21.5 Å². The number of hydrogen-bond acceptors (Lipinski definition) is 7. The van der Waals surface area contributed by atoms with Crippen LogP contribution in [-0.2, 0) is 0 Å². The number of aromatic nitrogens is 5. The van der Waals surface area contributed by atoms with E-state index in [9.17, 15) is 15.3 Å². The lowest BCUT2D eigenvalue weighted by molar-refractivity contribution is -0.725. The van der Waals surface area contributed by atoms with E-state index in [1.807, 2.05) is 0 Å². The average Bonchev–Trinajstić information content (AvgIpc) is 2.61. The van der Waals surface area contributed by atoms with Gasteiger partial charge in [-0.25, -0.2) is 0 Å². The van der Waals surface area contributed by atoms with Crippen LogP contribution in [0.1, 0.15) is 0 Å². The van der Waals surface area contributed by atoms with Gasteiger partial charge in [-0.3, -0.25) is 0 Å². The van der Waals surface area contributed by atoms with Crippen molar-refractivity contribution in [3.63, 3.8) is 0 Å². The molecule has 0 bridgehead atoms. The van der Waals surface area contributed by atoms with Crippen molar-refractivity contribution in [1.82, 2.24) is 20.4 Å². The summed E-state index contributed by atoms with van der Waals surface area (Å²) in [4.78, 5) is 12.0. The summed E-state index contributed by atoms with van der Waals surface area (Å²) in [6.45, 7) is 0. The third kappa shape index (κ3) is 1.31. The Kier molecular flexibility index (Phi) is 1.96. The highest BCUT2D eigenvalue weighted by atomic mass is 16.6. The van der Waals surface area contributed by atoms with E-state index in [4.69, 9.17) is 5.53 Å². The van der Waals surface area contributed by atoms with Crippen molar-refractivity contribution in [2.24, 2.45) is 5.11 Å². The molecular weight excluding hydrogens is 222 g/mol. The van der Waals surface area contributed by atoms with Crippen LogP contribution in [0, 0.1) is 15.3 Å². The van der Waals surface area contributed by atoms with E-state index in [2.05, 4.69) is 30.4 Å². The first-order valence-corrected chi connectivity index (χ1v) is 3.69. The van der Waals surface area contributed by atoms with Gasteiger partial charge in [0.05, 0.1) is 15.2 Å². The Balaban J connectivity index is 2.89. The molecule has 12 heteroatoms. The Morgan fingerprint density at radius 2 is 2.31 bits per heavy atom. The third-order valence-corrected chi connectivity index (χ3v) is 1.63. The van der Waals surface area contributed by atoms with E-state index < -0.39 is 16.6 Å². The number of azide groups is 1. The molecule has 0 aliphatic rings. The van der Waals surface area contributed by atoms with Crippen LogP contribution in [0.5, 0.6) is 0 Å². The van der Waals surface area contributed by atoms with Crippen molar-refractivity contribution in [2.45, 2.75) is 0 Å². The third-order valence-electron chi connectivity index (χ3n) is 1.63. The average molecular weight is 223 g/mol. The minimum Gasteiger partial charge on any atom is -0.569 e. The molecule has 0 fully saturated rings. The monoisotopic (exact) mass is 223 g/mol. The molecule has 2 rings (SSSR count). The summed E-state index contributed by atoms with van der Waals surface area (Å²) in [6, 6.07) is 0. The molecule has 0 unspecified atom stereocenters. The minimum absolute atomic E-state index is 0.131. The number of H-pyrrole nitrogens is 1. The maximum Gasteiger partial charge on any atom is 0.401 e. The molecular formula is C4HN9O3. The summed E-state index contributed by atoms with van der Waals surface area (Å²) in [5.41, 5.74) is 8.04. The van der Waals surface area contributed by atoms with Gasteiger partial charge in [-0.15, -0.1) is 0 Å². The van der Waals surface area contributed by atoms with Crippen LogP contribution in [-0.4, -0.2) is 25.3 Å². The second-order valence-electron chi connectivity index (χ2n) is 2.49. The molecule has 0 amide bonds. The molecule has 0 aliphatic carbocycles. The molecule has 0 spiro atoms. The van der Waals surface area contributed by atoms with Crippen LogP contribution >= 0.6 is 0 Å². The minimum atomic E-state index is -0.812. The van der Waals surface area contributed by atoms with Crippen molar-refractivity contribution in [1.29, 1.82) is 0 Å². The topological polar surface area (TPSA) is 173 Å². The van der Waals surface area contributed by atoms with Gasteiger partial charge in [0.2, 0.25) is 5.82 Å². The highest BCUT2D eigenvalue weighted by molar-refractivity contribution is 5.91. The van der Waals surface area contributed by atoms with E-state index in [0.717, 1.165) is 0 Å². The predicted octanol–water partition coefficient (Wildman–Crippen LogP) is -0.164. The smallest absolute Gasteiger partial charge is 0.401 e. The van der Waals surface area contributed by atoms with Crippen molar-refractivity contribution in [3.8, 4) is 0 Å². The van der Waals surface area contributed by atoms with Crippen molar-refractivity contribution in [3.05, 3.63) is 25.8 Å². The highest BCUT2D eigenvalue weighted by Crippen LogP contribution is 2.27. The normalized spacial score (nSPS) is 10.0. The van der Waals surface area contributed by atoms with Gasteiger partial charge in [0.25, 0.3) is 5.65 Å². The van der Waals surface area contributed by atoms with E-state index in [1.54, 1.807) is 0 Å². The first-order chi connectivity index (χ1) is 7.63. The summed E-state index contributed by atoms with van der Waals surface area (Å²) < 4.78 is 0. The van der Waals surface area contributed by atoms with Crippen LogP contribution in [0.4, 0.5) is 11.6 Å². The maximum atomic E-state index is 10.9. The number of hydrogen-bond donors (Lipinski definition) is 1. The fraction of sp³-hybridized carbons (Fsp3) is 0. The predicted molar refractivity (Wildman–Crippen MR) is 46.1 cm³/mol. The van der Waals surface area contributed by atoms with Gasteiger partial charge < -0.3 is 15.3 Å². The van der Waals surface area contributed by atoms with Gasteiger partial charge in [-0.1, -0.05) is 0 Å². The molecule has 0 atom stereocenters. The Morgan fingerprint density at radius 1 is 1.56 bits per heavy atom. The van der Waals surface area contributed by atoms with Gasteiger partial charge in [-0.05, 0) is 15.6 Å². The van der Waals surface area contributed by atoms with Crippen molar-refractivity contribution >= 4 is 22.7 Å². The lowest BCUT2D eigenvalue weighted by Crippen LogP contribution is -2.35. The van der Waals surface area contributed by atoms with Crippen LogP contribution < -0.4 is 4.96 Å². The largest absolute Gasteiger partial charge is 0.569 e. The lowest BCUT2D eigenvalue weighted by Gasteiger charge is -1.92. The molecule has 0 aromatic carbocycles.